The van der Waals surface area contributed by atoms with Gasteiger partial charge in [0.05, 0.1) is 0 Å². The van der Waals surface area contributed by atoms with Crippen LogP contribution in [0.3, 0.4) is 0 Å². The van der Waals surface area contributed by atoms with Crippen LogP contribution >= 0.6 is 0 Å². The van der Waals surface area contributed by atoms with Crippen LogP contribution in [-0.2, 0) is 6.54 Å². The minimum atomic E-state index is -0.134. The Bertz CT molecular complexity index is 568. The van der Waals surface area contributed by atoms with Gasteiger partial charge in [0, 0.05) is 19.2 Å². The molecule has 0 saturated carbocycles. The van der Waals surface area contributed by atoms with Crippen molar-refractivity contribution < 1.29 is 0 Å². The molecule has 5 nitrogen and oxygen atoms in total. The molecule has 0 bridgehead atoms. The van der Waals surface area contributed by atoms with Gasteiger partial charge in [-0.05, 0) is 5.92 Å². The van der Waals surface area contributed by atoms with Crippen LogP contribution in [0.5, 0.6) is 0 Å². The molecule has 1 N–H and O–H groups in total. The second-order valence-corrected chi connectivity index (χ2v) is 4.61. The number of benzene rings is 1. The summed E-state index contributed by atoms with van der Waals surface area (Å²) in [6, 6.07) is 9.68. The van der Waals surface area contributed by atoms with E-state index in [9.17, 15) is 4.79 Å². The first-order valence-electron chi connectivity index (χ1n) is 6.06. The molecule has 0 aliphatic carbocycles. The molecule has 1 aromatic heterocycles. The van der Waals surface area contributed by atoms with Gasteiger partial charge in [-0.15, -0.1) is 5.10 Å². The Labute approximate surface area is 106 Å². The average Bonchev–Trinajstić information content (AvgIpc) is 2.67. The zero-order valence-corrected chi connectivity index (χ0v) is 10.9. The second-order valence-electron chi connectivity index (χ2n) is 4.61. The molecule has 0 radical (unpaired) electrons. The Morgan fingerprint density at radius 1 is 1.28 bits per heavy atom. The lowest BCUT2D eigenvalue weighted by atomic mass is 10.2. The molecule has 0 aliphatic heterocycles. The molecule has 1 heterocycles. The molecule has 0 amide bonds. The van der Waals surface area contributed by atoms with Gasteiger partial charge in [-0.3, -0.25) is 0 Å². The molecule has 96 valence electrons. The Hall–Kier alpha value is -2.04. The Morgan fingerprint density at radius 2 is 1.94 bits per heavy atom. The number of aromatic nitrogens is 3. The minimum Gasteiger partial charge on any atom is -0.323 e. The van der Waals surface area contributed by atoms with E-state index in [1.807, 2.05) is 30.3 Å². The highest BCUT2D eigenvalue weighted by atomic mass is 16.2. The lowest BCUT2D eigenvalue weighted by molar-refractivity contribution is 0.468. The molecular weight excluding hydrogens is 228 g/mol. The summed E-state index contributed by atoms with van der Waals surface area (Å²) in [6.07, 6.45) is 0. The van der Waals surface area contributed by atoms with E-state index in [4.69, 9.17) is 0 Å². The largest absolute Gasteiger partial charge is 0.365 e. The number of nitrogens with zero attached hydrogens (tertiary/aromatic N) is 3. The minimum absolute atomic E-state index is 0.134. The predicted molar refractivity (Wildman–Crippen MR) is 72.0 cm³/mol. The SMILES string of the molecule is CNn1c(-c2ccccc2)nn(CC(C)C)c1=O. The summed E-state index contributed by atoms with van der Waals surface area (Å²) >= 11 is 0. The van der Waals surface area contributed by atoms with Gasteiger partial charge in [0.25, 0.3) is 0 Å². The van der Waals surface area contributed by atoms with Gasteiger partial charge in [0.1, 0.15) is 0 Å². The monoisotopic (exact) mass is 246 g/mol. The van der Waals surface area contributed by atoms with Crippen molar-refractivity contribution in [1.29, 1.82) is 0 Å². The number of hydrogen-bond acceptors (Lipinski definition) is 3. The molecule has 0 fully saturated rings. The van der Waals surface area contributed by atoms with Crippen molar-refractivity contribution in [2.24, 2.45) is 5.92 Å². The van der Waals surface area contributed by atoms with Gasteiger partial charge in [0.15, 0.2) is 5.82 Å². The molecule has 18 heavy (non-hydrogen) atoms. The standard InChI is InChI=1S/C13H18N4O/c1-10(2)9-16-13(18)17(14-3)12(15-16)11-7-5-4-6-8-11/h4-8,10,14H,9H2,1-3H3. The maximum atomic E-state index is 12.1. The van der Waals surface area contributed by atoms with Crippen LogP contribution in [0.1, 0.15) is 13.8 Å². The lowest BCUT2D eigenvalue weighted by Crippen LogP contribution is -2.30. The zero-order chi connectivity index (χ0) is 13.1. The zero-order valence-electron chi connectivity index (χ0n) is 10.9. The number of nitrogens with one attached hydrogen (secondary N) is 1. The molecule has 0 saturated heterocycles. The van der Waals surface area contributed by atoms with Crippen molar-refractivity contribution in [3.63, 3.8) is 0 Å². The fraction of sp³-hybridized carbons (Fsp3) is 0.385. The van der Waals surface area contributed by atoms with E-state index in [0.29, 0.717) is 18.3 Å². The van der Waals surface area contributed by atoms with Gasteiger partial charge < -0.3 is 5.43 Å². The number of hydrogen-bond donors (Lipinski definition) is 1. The van der Waals surface area contributed by atoms with Crippen LogP contribution in [0.4, 0.5) is 0 Å². The van der Waals surface area contributed by atoms with E-state index in [-0.39, 0.29) is 5.69 Å². The molecule has 2 rings (SSSR count). The molecule has 0 unspecified atom stereocenters. The van der Waals surface area contributed by atoms with Crippen LogP contribution in [-0.4, -0.2) is 21.5 Å². The Balaban J connectivity index is 2.51. The van der Waals surface area contributed by atoms with E-state index in [0.717, 1.165) is 5.56 Å². The van der Waals surface area contributed by atoms with Crippen LogP contribution in [0, 0.1) is 5.92 Å². The highest BCUT2D eigenvalue weighted by Gasteiger charge is 2.14. The first-order chi connectivity index (χ1) is 8.63. The van der Waals surface area contributed by atoms with E-state index < -0.39 is 0 Å². The summed E-state index contributed by atoms with van der Waals surface area (Å²) < 4.78 is 2.97. The van der Waals surface area contributed by atoms with Crippen molar-refractivity contribution in [3.05, 3.63) is 40.8 Å². The Morgan fingerprint density at radius 3 is 2.50 bits per heavy atom. The van der Waals surface area contributed by atoms with E-state index in [1.165, 1.54) is 9.36 Å². The van der Waals surface area contributed by atoms with Crippen LogP contribution in [0.25, 0.3) is 11.4 Å². The second kappa shape index (κ2) is 5.08. The smallest absolute Gasteiger partial charge is 0.323 e. The Kier molecular flexibility index (Phi) is 3.50. The summed E-state index contributed by atoms with van der Waals surface area (Å²) in [6.45, 7) is 4.74. The van der Waals surface area contributed by atoms with Crippen LogP contribution < -0.4 is 11.1 Å². The summed E-state index contributed by atoms with van der Waals surface area (Å²) in [5.41, 5.74) is 3.67. The van der Waals surface area contributed by atoms with Gasteiger partial charge in [-0.2, -0.15) is 4.68 Å². The maximum Gasteiger partial charge on any atom is 0.365 e. The van der Waals surface area contributed by atoms with E-state index in [2.05, 4.69) is 24.4 Å². The van der Waals surface area contributed by atoms with Crippen molar-refractivity contribution in [1.82, 2.24) is 14.5 Å². The van der Waals surface area contributed by atoms with Gasteiger partial charge in [-0.1, -0.05) is 44.2 Å². The third-order valence-corrected chi connectivity index (χ3v) is 2.63. The first kappa shape index (κ1) is 12.4. The molecule has 2 aromatic rings. The fourth-order valence-electron chi connectivity index (χ4n) is 1.85. The van der Waals surface area contributed by atoms with Gasteiger partial charge in [-0.25, -0.2) is 9.48 Å². The van der Waals surface area contributed by atoms with Crippen molar-refractivity contribution >= 4 is 0 Å². The number of rotatable bonds is 4. The summed E-state index contributed by atoms with van der Waals surface area (Å²) in [5.74, 6) is 1.02. The summed E-state index contributed by atoms with van der Waals surface area (Å²) in [4.78, 5) is 12.1. The fourth-order valence-corrected chi connectivity index (χ4v) is 1.85. The summed E-state index contributed by atoms with van der Waals surface area (Å²) in [5, 5.41) is 4.40. The quantitative estimate of drug-likeness (QED) is 0.890. The van der Waals surface area contributed by atoms with Gasteiger partial charge >= 0.3 is 5.69 Å². The average molecular weight is 246 g/mol. The third-order valence-electron chi connectivity index (χ3n) is 2.63. The topological polar surface area (TPSA) is 51.9 Å². The van der Waals surface area contributed by atoms with Crippen molar-refractivity contribution in [2.75, 3.05) is 12.5 Å². The van der Waals surface area contributed by atoms with E-state index >= 15 is 0 Å². The molecule has 0 aliphatic rings. The maximum absolute atomic E-state index is 12.1. The first-order valence-corrected chi connectivity index (χ1v) is 6.06. The lowest BCUT2D eigenvalue weighted by Gasteiger charge is -2.02. The molecule has 1 aromatic carbocycles. The van der Waals surface area contributed by atoms with E-state index in [1.54, 1.807) is 7.05 Å². The van der Waals surface area contributed by atoms with Gasteiger partial charge in [0.2, 0.25) is 0 Å². The molecule has 5 heteroatoms. The highest BCUT2D eigenvalue weighted by molar-refractivity contribution is 5.54. The highest BCUT2D eigenvalue weighted by Crippen LogP contribution is 2.14. The van der Waals surface area contributed by atoms with Crippen LogP contribution in [0.15, 0.2) is 35.1 Å². The molecule has 0 spiro atoms. The summed E-state index contributed by atoms with van der Waals surface area (Å²) in [7, 11) is 1.72. The normalized spacial score (nSPS) is 10.9. The predicted octanol–water partition coefficient (Wildman–Crippen LogP) is 1.54. The molecule has 0 atom stereocenters. The van der Waals surface area contributed by atoms with Crippen molar-refractivity contribution in [2.45, 2.75) is 20.4 Å². The third kappa shape index (κ3) is 2.30. The van der Waals surface area contributed by atoms with Crippen molar-refractivity contribution in [3.8, 4) is 11.4 Å². The van der Waals surface area contributed by atoms with Crippen LogP contribution in [0.2, 0.25) is 0 Å². The molecular formula is C13H18N4O.